The molecule has 0 spiro atoms. The first kappa shape index (κ1) is 20.5. The first-order chi connectivity index (χ1) is 11.1. The topological polar surface area (TPSA) is 57.6 Å². The fourth-order valence-corrected chi connectivity index (χ4v) is 3.13. The molecule has 0 aromatic carbocycles. The number of allylic oxidation sites excluding steroid dienone is 3. The summed E-state index contributed by atoms with van der Waals surface area (Å²) >= 11 is 0. The molecule has 1 unspecified atom stereocenters. The van der Waals surface area contributed by atoms with Crippen molar-refractivity contribution >= 4 is 11.7 Å². The van der Waals surface area contributed by atoms with Crippen molar-refractivity contribution in [1.82, 2.24) is 4.90 Å². The van der Waals surface area contributed by atoms with E-state index in [0.717, 1.165) is 19.3 Å². The lowest BCUT2D eigenvalue weighted by Crippen LogP contribution is -2.37. The van der Waals surface area contributed by atoms with E-state index in [-0.39, 0.29) is 23.0 Å². The summed E-state index contributed by atoms with van der Waals surface area (Å²) in [6.07, 6.45) is 5.89. The Hall–Kier alpha value is -1.58. The summed E-state index contributed by atoms with van der Waals surface area (Å²) in [6, 6.07) is -0.417. The van der Waals surface area contributed by atoms with E-state index in [1.54, 1.807) is 4.90 Å². The van der Waals surface area contributed by atoms with Gasteiger partial charge in [-0.1, -0.05) is 32.4 Å². The van der Waals surface area contributed by atoms with Crippen LogP contribution in [0.4, 0.5) is 0 Å². The average molecular weight is 335 g/mol. The summed E-state index contributed by atoms with van der Waals surface area (Å²) in [4.78, 5) is 26.7. The molecule has 136 valence electrons. The lowest BCUT2D eigenvalue weighted by Gasteiger charge is -2.25. The summed E-state index contributed by atoms with van der Waals surface area (Å²) in [5.74, 6) is 0.139. The van der Waals surface area contributed by atoms with Gasteiger partial charge < -0.3 is 10.0 Å². The van der Waals surface area contributed by atoms with Gasteiger partial charge in [-0.15, -0.1) is 0 Å². The van der Waals surface area contributed by atoms with Crippen molar-refractivity contribution in [1.29, 1.82) is 0 Å². The molecule has 2 atom stereocenters. The van der Waals surface area contributed by atoms with E-state index < -0.39 is 6.04 Å². The van der Waals surface area contributed by atoms with Crippen LogP contribution >= 0.6 is 0 Å². The predicted molar refractivity (Wildman–Crippen MR) is 97.7 cm³/mol. The van der Waals surface area contributed by atoms with Crippen LogP contribution in [0.3, 0.4) is 0 Å². The van der Waals surface area contributed by atoms with Crippen LogP contribution in [0.5, 0.6) is 0 Å². The molecule has 0 aromatic rings. The highest BCUT2D eigenvalue weighted by molar-refractivity contribution is 6.26. The number of carbonyl (C=O) groups is 2. The number of rotatable bonds is 8. The number of likely N-dealkylation sites (tertiary alicyclic amines) is 1. The van der Waals surface area contributed by atoms with Gasteiger partial charge in [-0.3, -0.25) is 9.59 Å². The third-order valence-electron chi connectivity index (χ3n) is 4.53. The summed E-state index contributed by atoms with van der Waals surface area (Å²) < 4.78 is 0. The minimum absolute atomic E-state index is 0.0159. The van der Waals surface area contributed by atoms with Gasteiger partial charge in [-0.25, -0.2) is 0 Å². The maximum atomic E-state index is 12.5. The Morgan fingerprint density at radius 1 is 1.17 bits per heavy atom. The Labute approximate surface area is 146 Å². The smallest absolute Gasteiger partial charge is 0.261 e. The Kier molecular flexibility index (Phi) is 7.71. The Balaban J connectivity index is 2.75. The molecule has 1 aliphatic heterocycles. The van der Waals surface area contributed by atoms with Gasteiger partial charge in [-0.2, -0.15) is 0 Å². The fourth-order valence-electron chi connectivity index (χ4n) is 3.13. The molecule has 4 heteroatoms. The number of Topliss-reactive ketones (excluding diaryl/α,β-unsaturated/α-hetero) is 1. The van der Waals surface area contributed by atoms with Crippen LogP contribution in [-0.4, -0.2) is 34.3 Å². The molecule has 0 bridgehead atoms. The quantitative estimate of drug-likeness (QED) is 0.309. The molecule has 0 saturated carbocycles. The highest BCUT2D eigenvalue weighted by atomic mass is 16.3. The molecular formula is C20H33NO3. The number of carbonyl (C=O) groups excluding carboxylic acids is 2. The van der Waals surface area contributed by atoms with Crippen molar-refractivity contribution in [2.45, 2.75) is 73.3 Å². The first-order valence-electron chi connectivity index (χ1n) is 9.03. The lowest BCUT2D eigenvalue weighted by atomic mass is 9.98. The zero-order chi connectivity index (χ0) is 18.4. The number of hydrogen-bond donors (Lipinski definition) is 1. The summed E-state index contributed by atoms with van der Waals surface area (Å²) in [5, 5.41) is 9.71. The van der Waals surface area contributed by atoms with Crippen LogP contribution in [-0.2, 0) is 9.59 Å². The number of aliphatic hydroxyl groups excluding tert-OH is 1. The van der Waals surface area contributed by atoms with Gasteiger partial charge in [0.15, 0.2) is 5.78 Å². The largest absolute Gasteiger partial charge is 0.512 e. The minimum atomic E-state index is -0.417. The van der Waals surface area contributed by atoms with Crippen LogP contribution in [0.25, 0.3) is 0 Å². The Morgan fingerprint density at radius 3 is 2.29 bits per heavy atom. The fraction of sp³-hybridized carbons (Fsp3) is 0.700. The van der Waals surface area contributed by atoms with Crippen LogP contribution in [0.1, 0.15) is 67.2 Å². The second-order valence-corrected chi connectivity index (χ2v) is 7.72. The lowest BCUT2D eigenvalue weighted by molar-refractivity contribution is -0.127. The second-order valence-electron chi connectivity index (χ2n) is 7.72. The molecule has 1 aliphatic rings. The Bertz CT molecular complexity index is 523. The van der Waals surface area contributed by atoms with E-state index in [9.17, 15) is 14.7 Å². The number of ketones is 1. The van der Waals surface area contributed by atoms with E-state index in [2.05, 4.69) is 26.8 Å². The van der Waals surface area contributed by atoms with Crippen molar-refractivity contribution in [3.05, 3.63) is 23.0 Å². The van der Waals surface area contributed by atoms with E-state index in [1.807, 2.05) is 13.8 Å². The molecule has 1 saturated heterocycles. The van der Waals surface area contributed by atoms with E-state index in [0.29, 0.717) is 24.8 Å². The van der Waals surface area contributed by atoms with Crippen LogP contribution in [0, 0.1) is 11.8 Å². The van der Waals surface area contributed by atoms with Crippen molar-refractivity contribution in [3.63, 3.8) is 0 Å². The standard InChI is InChI=1S/C20H33NO3/c1-13(2)8-7-9-15(5)10-11-21-17(12-14(3)4)19(23)18(16(6)22)20(21)24/h8,14-15,17,22H,7,9-12H2,1-6H3/b18-16-/t15?,17-/m0/s1. The molecule has 0 aliphatic carbocycles. The number of aliphatic hydroxyl groups is 1. The normalized spacial score (nSPS) is 21.5. The third-order valence-corrected chi connectivity index (χ3v) is 4.53. The number of nitrogens with zero attached hydrogens (tertiary/aromatic N) is 1. The summed E-state index contributed by atoms with van der Waals surface area (Å²) in [6.45, 7) is 12.5. The highest BCUT2D eigenvalue weighted by Gasteiger charge is 2.44. The van der Waals surface area contributed by atoms with Gasteiger partial charge in [0, 0.05) is 6.54 Å². The molecule has 1 N–H and O–H groups in total. The third kappa shape index (κ3) is 5.50. The van der Waals surface area contributed by atoms with Gasteiger partial charge in [0.25, 0.3) is 5.91 Å². The average Bonchev–Trinajstić information content (AvgIpc) is 2.67. The molecule has 0 aromatic heterocycles. The van der Waals surface area contributed by atoms with Crippen LogP contribution in [0.2, 0.25) is 0 Å². The van der Waals surface area contributed by atoms with E-state index in [1.165, 1.54) is 12.5 Å². The second kappa shape index (κ2) is 9.05. The zero-order valence-corrected chi connectivity index (χ0v) is 16.1. The molecule has 1 fully saturated rings. The minimum Gasteiger partial charge on any atom is -0.512 e. The van der Waals surface area contributed by atoms with Crippen molar-refractivity contribution in [3.8, 4) is 0 Å². The molecule has 1 rings (SSSR count). The number of hydrogen-bond acceptors (Lipinski definition) is 3. The first-order valence-corrected chi connectivity index (χ1v) is 9.03. The van der Waals surface area contributed by atoms with Crippen LogP contribution in [0.15, 0.2) is 23.0 Å². The summed E-state index contributed by atoms with van der Waals surface area (Å²) in [7, 11) is 0. The van der Waals surface area contributed by atoms with Gasteiger partial charge in [0.1, 0.15) is 11.3 Å². The molecular weight excluding hydrogens is 302 g/mol. The number of amides is 1. The molecule has 1 amide bonds. The monoisotopic (exact) mass is 335 g/mol. The van der Waals surface area contributed by atoms with Gasteiger partial charge in [0.2, 0.25) is 0 Å². The van der Waals surface area contributed by atoms with Crippen molar-refractivity contribution in [2.24, 2.45) is 11.8 Å². The molecule has 24 heavy (non-hydrogen) atoms. The maximum absolute atomic E-state index is 12.5. The predicted octanol–water partition coefficient (Wildman–Crippen LogP) is 4.42. The van der Waals surface area contributed by atoms with Crippen LogP contribution < -0.4 is 0 Å². The van der Waals surface area contributed by atoms with E-state index >= 15 is 0 Å². The SMILES string of the molecule is CC(C)=CCCC(C)CCN1C(=O)/C(=C(/C)O)C(=O)[C@@H]1CC(C)C. The van der Waals surface area contributed by atoms with E-state index in [4.69, 9.17) is 0 Å². The molecule has 4 nitrogen and oxygen atoms in total. The van der Waals surface area contributed by atoms with Crippen molar-refractivity contribution in [2.75, 3.05) is 6.54 Å². The van der Waals surface area contributed by atoms with Gasteiger partial charge in [0.05, 0.1) is 6.04 Å². The molecule has 1 heterocycles. The Morgan fingerprint density at radius 2 is 1.79 bits per heavy atom. The maximum Gasteiger partial charge on any atom is 0.261 e. The summed E-state index contributed by atoms with van der Waals surface area (Å²) in [5.41, 5.74) is 1.31. The van der Waals surface area contributed by atoms with Gasteiger partial charge >= 0.3 is 0 Å². The van der Waals surface area contributed by atoms with Gasteiger partial charge in [-0.05, 0) is 58.3 Å². The molecule has 0 radical (unpaired) electrons. The van der Waals surface area contributed by atoms with Crippen molar-refractivity contribution < 1.29 is 14.7 Å². The highest BCUT2D eigenvalue weighted by Crippen LogP contribution is 2.28. The zero-order valence-electron chi connectivity index (χ0n) is 16.1.